The summed E-state index contributed by atoms with van der Waals surface area (Å²) < 4.78 is 0. The number of ketones is 2. The van der Waals surface area contributed by atoms with Crippen molar-refractivity contribution in [3.05, 3.63) is 71.8 Å². The molecule has 0 fully saturated rings. The monoisotopic (exact) mass is 578 g/mol. The van der Waals surface area contributed by atoms with E-state index < -0.39 is 9.65 Å². The van der Waals surface area contributed by atoms with Gasteiger partial charge in [0.15, 0.2) is 11.6 Å². The van der Waals surface area contributed by atoms with Crippen molar-refractivity contribution < 1.29 is 9.59 Å². The smallest absolute Gasteiger partial charge is 0.177 e. The van der Waals surface area contributed by atoms with Crippen LogP contribution in [0.1, 0.15) is 20.7 Å². The number of hydrogen-bond acceptors (Lipinski definition) is 2. The highest BCUT2D eigenvalue weighted by atomic mass is 79.9. The number of hydrogen-bond donors (Lipinski definition) is 0. The van der Waals surface area contributed by atoms with Gasteiger partial charge in [-0.1, -0.05) is 124 Å². The molecule has 2 aromatic carbocycles. The third-order valence-electron chi connectivity index (χ3n) is 3.48. The molecule has 0 bridgehead atoms. The molecule has 2 aromatic rings. The minimum Gasteiger partial charge on any atom is -0.293 e. The quantitative estimate of drug-likeness (QED) is 0.306. The molecule has 0 amide bonds. The lowest BCUT2D eigenvalue weighted by Gasteiger charge is -2.24. The predicted octanol–water partition coefficient (Wildman–Crippen LogP) is 5.81. The van der Waals surface area contributed by atoms with Gasteiger partial charge in [0.2, 0.25) is 0 Å². The number of carbonyl (C=O) groups excluding carboxylic acids is 2. The zero-order valence-corrected chi connectivity index (χ0v) is 18.8. The third kappa shape index (κ3) is 4.87. The molecule has 24 heavy (non-hydrogen) atoms. The van der Waals surface area contributed by atoms with E-state index in [1.165, 1.54) is 0 Å². The van der Waals surface area contributed by atoms with Gasteiger partial charge in [-0.2, -0.15) is 0 Å². The molecular formula is C18H14Br4O2. The van der Waals surface area contributed by atoms with E-state index in [1.54, 1.807) is 24.3 Å². The average Bonchev–Trinajstić information content (AvgIpc) is 2.65. The predicted molar refractivity (Wildman–Crippen MR) is 112 cm³/mol. The fourth-order valence-corrected chi connectivity index (χ4v) is 5.23. The van der Waals surface area contributed by atoms with E-state index in [4.69, 9.17) is 0 Å². The molecule has 0 aliphatic rings. The van der Waals surface area contributed by atoms with Crippen molar-refractivity contribution >= 4 is 75.3 Å². The number of rotatable bonds is 7. The summed E-state index contributed by atoms with van der Waals surface area (Å²) in [5.41, 5.74) is 1.26. The normalized spacial score (nSPS) is 16.0. The maximum absolute atomic E-state index is 12.6. The van der Waals surface area contributed by atoms with Gasteiger partial charge in [0.25, 0.3) is 0 Å². The molecule has 6 heteroatoms. The SMILES string of the molecule is O=C(c1ccccc1)C(Br)C(Br)C(Br)C(Br)C(=O)c1ccccc1. The van der Waals surface area contributed by atoms with E-state index in [0.29, 0.717) is 11.1 Å². The van der Waals surface area contributed by atoms with Crippen molar-refractivity contribution in [2.75, 3.05) is 0 Å². The minimum absolute atomic E-state index is 0.0335. The van der Waals surface area contributed by atoms with Gasteiger partial charge in [0.1, 0.15) is 0 Å². The maximum atomic E-state index is 12.6. The van der Waals surface area contributed by atoms with Crippen LogP contribution in [0, 0.1) is 0 Å². The summed E-state index contributed by atoms with van der Waals surface area (Å²) in [5.74, 6) is -0.0671. The summed E-state index contributed by atoms with van der Waals surface area (Å²) in [6, 6.07) is 18.2. The van der Waals surface area contributed by atoms with Crippen LogP contribution >= 0.6 is 63.7 Å². The van der Waals surface area contributed by atoms with Crippen LogP contribution in [0.3, 0.4) is 0 Å². The Hall–Kier alpha value is -0.300. The summed E-state index contributed by atoms with van der Waals surface area (Å²) in [4.78, 5) is 23.6. The van der Waals surface area contributed by atoms with Crippen LogP contribution in [0.25, 0.3) is 0 Å². The molecule has 0 saturated heterocycles. The number of carbonyl (C=O) groups is 2. The molecule has 2 rings (SSSR count). The highest BCUT2D eigenvalue weighted by molar-refractivity contribution is 9.14. The van der Waals surface area contributed by atoms with E-state index in [2.05, 4.69) is 63.7 Å². The van der Waals surface area contributed by atoms with Crippen LogP contribution in [0.4, 0.5) is 0 Å². The summed E-state index contributed by atoms with van der Waals surface area (Å²) in [7, 11) is 0. The van der Waals surface area contributed by atoms with Gasteiger partial charge in [0.05, 0.1) is 9.65 Å². The molecule has 0 saturated carbocycles. The van der Waals surface area contributed by atoms with Gasteiger partial charge in [-0.3, -0.25) is 9.59 Å². The molecular weight excluding hydrogens is 568 g/mol. The van der Waals surface area contributed by atoms with Gasteiger partial charge in [-0.25, -0.2) is 0 Å². The Kier molecular flexibility index (Phi) is 7.85. The van der Waals surface area contributed by atoms with Crippen molar-refractivity contribution in [3.8, 4) is 0 Å². The minimum atomic E-state index is -0.465. The second kappa shape index (κ2) is 9.41. The largest absolute Gasteiger partial charge is 0.293 e. The highest BCUT2D eigenvalue weighted by Crippen LogP contribution is 2.32. The summed E-state index contributed by atoms with van der Waals surface area (Å²) in [6.07, 6.45) is 0. The summed E-state index contributed by atoms with van der Waals surface area (Å²) in [5, 5.41) is 0. The van der Waals surface area contributed by atoms with Crippen LogP contribution < -0.4 is 0 Å². The zero-order valence-electron chi connectivity index (χ0n) is 12.4. The molecule has 0 radical (unpaired) electrons. The summed E-state index contributed by atoms with van der Waals surface area (Å²) in [6.45, 7) is 0. The van der Waals surface area contributed by atoms with E-state index in [9.17, 15) is 9.59 Å². The Balaban J connectivity index is 2.09. The van der Waals surface area contributed by atoms with Crippen LogP contribution in [0.15, 0.2) is 60.7 Å². The van der Waals surface area contributed by atoms with E-state index in [0.717, 1.165) is 0 Å². The second-order valence-electron chi connectivity index (χ2n) is 5.15. The Morgan fingerprint density at radius 1 is 0.583 bits per heavy atom. The van der Waals surface area contributed by atoms with E-state index in [-0.39, 0.29) is 21.2 Å². The zero-order chi connectivity index (χ0) is 17.7. The molecule has 126 valence electrons. The Morgan fingerprint density at radius 3 is 1.17 bits per heavy atom. The Morgan fingerprint density at radius 2 is 0.875 bits per heavy atom. The first kappa shape index (κ1) is 20.0. The van der Waals surface area contributed by atoms with Gasteiger partial charge >= 0.3 is 0 Å². The number of benzene rings is 2. The number of alkyl halides is 4. The molecule has 0 aliphatic heterocycles. The molecule has 2 nitrogen and oxygen atoms in total. The Bertz CT molecular complexity index is 629. The molecule has 0 aromatic heterocycles. The summed E-state index contributed by atoms with van der Waals surface area (Å²) >= 11 is 14.0. The van der Waals surface area contributed by atoms with Crippen molar-refractivity contribution in [1.29, 1.82) is 0 Å². The standard InChI is InChI=1S/C18H14Br4O2/c19-13(15(21)17(23)11-7-3-1-4-8-11)14(20)16(22)18(24)12-9-5-2-6-10-12/h1-10,13-16H. The fourth-order valence-electron chi connectivity index (χ4n) is 2.14. The molecule has 0 N–H and O–H groups in total. The van der Waals surface area contributed by atoms with Crippen LogP contribution in [0.2, 0.25) is 0 Å². The molecule has 0 spiro atoms. The molecule has 4 atom stereocenters. The maximum Gasteiger partial charge on any atom is 0.177 e. The molecule has 0 heterocycles. The van der Waals surface area contributed by atoms with Gasteiger partial charge in [-0.05, 0) is 0 Å². The lowest BCUT2D eigenvalue weighted by molar-refractivity contribution is 0.0970. The highest BCUT2D eigenvalue weighted by Gasteiger charge is 2.36. The van der Waals surface area contributed by atoms with Crippen molar-refractivity contribution in [2.45, 2.75) is 19.3 Å². The second-order valence-corrected chi connectivity index (χ2v) is 9.24. The Labute approximate surface area is 174 Å². The van der Waals surface area contributed by atoms with Crippen LogP contribution in [0.5, 0.6) is 0 Å². The van der Waals surface area contributed by atoms with Crippen molar-refractivity contribution in [2.24, 2.45) is 0 Å². The third-order valence-corrected chi connectivity index (χ3v) is 9.78. The van der Waals surface area contributed by atoms with Crippen LogP contribution in [-0.4, -0.2) is 30.9 Å². The van der Waals surface area contributed by atoms with Crippen molar-refractivity contribution in [3.63, 3.8) is 0 Å². The molecule has 4 unspecified atom stereocenters. The number of halogens is 4. The van der Waals surface area contributed by atoms with Crippen LogP contribution in [-0.2, 0) is 0 Å². The fraction of sp³-hybridized carbons (Fsp3) is 0.222. The van der Waals surface area contributed by atoms with E-state index >= 15 is 0 Å². The van der Waals surface area contributed by atoms with Gasteiger partial charge in [-0.15, -0.1) is 0 Å². The average molecular weight is 582 g/mol. The topological polar surface area (TPSA) is 34.1 Å². The first-order chi connectivity index (χ1) is 11.4. The van der Waals surface area contributed by atoms with E-state index in [1.807, 2.05) is 36.4 Å². The first-order valence-corrected chi connectivity index (χ1v) is 10.8. The van der Waals surface area contributed by atoms with Gasteiger partial charge < -0.3 is 0 Å². The van der Waals surface area contributed by atoms with Crippen molar-refractivity contribution in [1.82, 2.24) is 0 Å². The first-order valence-electron chi connectivity index (χ1n) is 7.18. The lowest BCUT2D eigenvalue weighted by atomic mass is 10.0. The van der Waals surface area contributed by atoms with Gasteiger partial charge in [0, 0.05) is 20.8 Å². The lowest BCUT2D eigenvalue weighted by Crippen LogP contribution is -2.38. The molecule has 0 aliphatic carbocycles. The number of Topliss-reactive ketones (excluding diaryl/α,β-unsaturated/α-hetero) is 2.